The van der Waals surface area contributed by atoms with Crippen LogP contribution in [0.2, 0.25) is 0 Å². The lowest BCUT2D eigenvalue weighted by Crippen LogP contribution is -2.49. The molecule has 2 aromatic carbocycles. The van der Waals surface area contributed by atoms with Gasteiger partial charge in [-0.1, -0.05) is 55.6 Å². The van der Waals surface area contributed by atoms with Gasteiger partial charge in [-0.15, -0.1) is 0 Å². The molecule has 1 aliphatic carbocycles. The van der Waals surface area contributed by atoms with Crippen molar-refractivity contribution in [3.8, 4) is 0 Å². The fourth-order valence-corrected chi connectivity index (χ4v) is 5.40. The van der Waals surface area contributed by atoms with Gasteiger partial charge in [0.25, 0.3) is 0 Å². The third-order valence-corrected chi connectivity index (χ3v) is 7.61. The molecule has 1 heterocycles. The van der Waals surface area contributed by atoms with E-state index in [2.05, 4.69) is 17.0 Å². The van der Waals surface area contributed by atoms with E-state index in [1.165, 1.54) is 6.07 Å². The summed E-state index contributed by atoms with van der Waals surface area (Å²) >= 11 is 0. The largest absolute Gasteiger partial charge is 0.481 e. The summed E-state index contributed by atoms with van der Waals surface area (Å²) in [6, 6.07) is 10.6. The van der Waals surface area contributed by atoms with Gasteiger partial charge < -0.3 is 9.94 Å². The van der Waals surface area contributed by atoms with Crippen LogP contribution >= 0.6 is 0 Å². The highest BCUT2D eigenvalue weighted by molar-refractivity contribution is 5.98. The van der Waals surface area contributed by atoms with Crippen LogP contribution in [-0.4, -0.2) is 34.8 Å². The summed E-state index contributed by atoms with van der Waals surface area (Å²) in [5, 5.41) is 13.2. The second-order valence-electron chi connectivity index (χ2n) is 10.3. The standard InChI is InChI=1S/C29H35F3N2O3/c1-3-21-14-23(10-11-24(21)15-34-16-25(17-34)28(35)36)19(2)33-37-18-20-9-12-26(22-7-5-4-6-8-22)27(13-20)29(30,31)32/h9-14,22,25H,3-8,15-18H2,1-2H3,(H,35,36)/b33-19+/i2+2. The minimum absolute atomic E-state index is 0.0315. The lowest BCUT2D eigenvalue weighted by Gasteiger charge is -2.37. The topological polar surface area (TPSA) is 62.1 Å². The Morgan fingerprint density at radius 3 is 2.49 bits per heavy atom. The summed E-state index contributed by atoms with van der Waals surface area (Å²) < 4.78 is 41.5. The zero-order chi connectivity index (χ0) is 26.6. The van der Waals surface area contributed by atoms with Gasteiger partial charge in [-0.3, -0.25) is 9.69 Å². The molecule has 1 N–H and O–H groups in total. The van der Waals surface area contributed by atoms with Crippen molar-refractivity contribution in [3.05, 3.63) is 69.8 Å². The summed E-state index contributed by atoms with van der Waals surface area (Å²) in [5.41, 5.74) is 4.13. The fraction of sp³-hybridized carbons (Fsp3) is 0.517. The van der Waals surface area contributed by atoms with Gasteiger partial charge in [0, 0.05) is 19.6 Å². The Hall–Kier alpha value is -2.87. The van der Waals surface area contributed by atoms with Crippen molar-refractivity contribution in [2.45, 2.75) is 77.6 Å². The smallest absolute Gasteiger partial charge is 0.416 e. The van der Waals surface area contributed by atoms with E-state index >= 15 is 0 Å². The molecule has 5 nitrogen and oxygen atoms in total. The van der Waals surface area contributed by atoms with Crippen LogP contribution in [0.1, 0.15) is 85.3 Å². The highest BCUT2D eigenvalue weighted by Crippen LogP contribution is 2.41. The molecule has 1 saturated carbocycles. The summed E-state index contributed by atoms with van der Waals surface area (Å²) in [7, 11) is 0. The zero-order valence-electron chi connectivity index (χ0n) is 21.5. The van der Waals surface area contributed by atoms with Gasteiger partial charge in [0.15, 0.2) is 0 Å². The first-order chi connectivity index (χ1) is 17.7. The van der Waals surface area contributed by atoms with Crippen LogP contribution in [-0.2, 0) is 35.4 Å². The first-order valence-electron chi connectivity index (χ1n) is 13.1. The van der Waals surface area contributed by atoms with Crippen LogP contribution < -0.4 is 0 Å². The molecule has 0 unspecified atom stereocenters. The number of carboxylic acids is 1. The van der Waals surface area contributed by atoms with Crippen molar-refractivity contribution in [1.29, 1.82) is 0 Å². The number of nitrogens with zero attached hydrogens (tertiary/aromatic N) is 2. The average molecular weight is 519 g/mol. The Balaban J connectivity index is 1.40. The van der Waals surface area contributed by atoms with E-state index in [1.54, 1.807) is 12.1 Å². The zero-order valence-corrected chi connectivity index (χ0v) is 21.5. The number of halogens is 3. The first kappa shape index (κ1) is 27.2. The van der Waals surface area contributed by atoms with E-state index in [4.69, 9.17) is 9.94 Å². The van der Waals surface area contributed by atoms with Crippen LogP contribution in [0, 0.1) is 5.92 Å². The van der Waals surface area contributed by atoms with E-state index in [9.17, 15) is 18.0 Å². The van der Waals surface area contributed by atoms with Crippen LogP contribution in [0.5, 0.6) is 0 Å². The van der Waals surface area contributed by atoms with Gasteiger partial charge in [0.2, 0.25) is 0 Å². The number of alkyl halides is 3. The second-order valence-corrected chi connectivity index (χ2v) is 10.3. The third-order valence-electron chi connectivity index (χ3n) is 7.61. The Kier molecular flexibility index (Phi) is 8.57. The molecule has 2 aliphatic rings. The van der Waals surface area contributed by atoms with Crippen LogP contribution in [0.4, 0.5) is 13.2 Å². The summed E-state index contributed by atoms with van der Waals surface area (Å²) in [6.45, 7) is 5.67. The molecule has 2 fully saturated rings. The molecule has 0 aromatic heterocycles. The van der Waals surface area contributed by atoms with E-state index in [1.807, 2.05) is 25.1 Å². The summed E-state index contributed by atoms with van der Waals surface area (Å²) in [4.78, 5) is 18.6. The maximum Gasteiger partial charge on any atom is 0.416 e. The Morgan fingerprint density at radius 1 is 1.11 bits per heavy atom. The molecule has 4 rings (SSSR count). The van der Waals surface area contributed by atoms with Gasteiger partial charge >= 0.3 is 12.1 Å². The molecular weight excluding hydrogens is 483 g/mol. The van der Waals surface area contributed by atoms with E-state index in [0.717, 1.165) is 55.2 Å². The number of carboxylic acid groups (broad SMARTS) is 1. The van der Waals surface area contributed by atoms with Crippen molar-refractivity contribution in [2.24, 2.45) is 11.1 Å². The van der Waals surface area contributed by atoms with Crippen molar-refractivity contribution >= 4 is 11.7 Å². The van der Waals surface area contributed by atoms with E-state index in [0.29, 0.717) is 36.5 Å². The predicted octanol–water partition coefficient (Wildman–Crippen LogP) is 6.77. The average Bonchev–Trinajstić information content (AvgIpc) is 2.85. The Labute approximate surface area is 216 Å². The van der Waals surface area contributed by atoms with Gasteiger partial charge in [-0.25, -0.2) is 0 Å². The number of carbonyl (C=O) groups is 1. The summed E-state index contributed by atoms with van der Waals surface area (Å²) in [5.74, 6) is -1.06. The molecule has 8 heteroatoms. The van der Waals surface area contributed by atoms with Crippen molar-refractivity contribution in [3.63, 3.8) is 0 Å². The van der Waals surface area contributed by atoms with Gasteiger partial charge in [0.05, 0.1) is 17.2 Å². The number of rotatable bonds is 9. The Bertz CT molecular complexity index is 1130. The molecule has 0 spiro atoms. The van der Waals surface area contributed by atoms with Crippen LogP contribution in [0.25, 0.3) is 0 Å². The second kappa shape index (κ2) is 11.7. The number of hydrogen-bond donors (Lipinski definition) is 1. The third kappa shape index (κ3) is 6.72. The number of hydrogen-bond acceptors (Lipinski definition) is 4. The molecule has 0 amide bonds. The molecule has 0 bridgehead atoms. The van der Waals surface area contributed by atoms with Gasteiger partial charge in [-0.05, 0) is 72.1 Å². The SMILES string of the molecule is CCc1cc(/C([14CH3])=N/OCc2ccc(C3CCCCC3)c(C(F)(F)F)c2)ccc1CN1CC(C(=O)O)C1. The predicted molar refractivity (Wildman–Crippen MR) is 136 cm³/mol. The highest BCUT2D eigenvalue weighted by atomic mass is 19.4. The van der Waals surface area contributed by atoms with Crippen molar-refractivity contribution in [1.82, 2.24) is 4.90 Å². The molecule has 0 atom stereocenters. The first-order valence-corrected chi connectivity index (χ1v) is 13.1. The lowest BCUT2D eigenvalue weighted by atomic mass is 9.81. The number of benzene rings is 2. The van der Waals surface area contributed by atoms with Gasteiger partial charge in [-0.2, -0.15) is 13.2 Å². The maximum atomic E-state index is 13.8. The van der Waals surface area contributed by atoms with E-state index in [-0.39, 0.29) is 18.4 Å². The van der Waals surface area contributed by atoms with Crippen LogP contribution in [0.3, 0.4) is 0 Å². The van der Waals surface area contributed by atoms with Crippen molar-refractivity contribution < 1.29 is 27.9 Å². The van der Waals surface area contributed by atoms with Crippen molar-refractivity contribution in [2.75, 3.05) is 13.1 Å². The normalized spacial score (nSPS) is 18.0. The lowest BCUT2D eigenvalue weighted by molar-refractivity contribution is -0.147. The number of aliphatic carboxylic acids is 1. The Morgan fingerprint density at radius 2 is 1.84 bits per heavy atom. The molecule has 37 heavy (non-hydrogen) atoms. The number of aryl methyl sites for hydroxylation is 1. The molecule has 1 saturated heterocycles. The fourth-order valence-electron chi connectivity index (χ4n) is 5.40. The van der Waals surface area contributed by atoms with Gasteiger partial charge in [0.1, 0.15) is 6.61 Å². The summed E-state index contributed by atoms with van der Waals surface area (Å²) in [6.07, 6.45) is 1.08. The molecule has 0 radical (unpaired) electrons. The number of likely N-dealkylation sites (tertiary alicyclic amines) is 1. The molecular formula is C29H35F3N2O3. The highest BCUT2D eigenvalue weighted by Gasteiger charge is 2.36. The minimum Gasteiger partial charge on any atom is -0.481 e. The number of oxime groups is 1. The monoisotopic (exact) mass is 518 g/mol. The molecule has 2 aromatic rings. The quantitative estimate of drug-likeness (QED) is 0.294. The van der Waals surface area contributed by atoms with E-state index < -0.39 is 17.7 Å². The minimum atomic E-state index is -4.40. The molecule has 1 aliphatic heterocycles. The van der Waals surface area contributed by atoms with Crippen LogP contribution in [0.15, 0.2) is 41.6 Å². The molecule has 200 valence electrons. The maximum absolute atomic E-state index is 13.8.